The molecule has 0 saturated heterocycles. The van der Waals surface area contributed by atoms with E-state index in [1.54, 1.807) is 35.0 Å². The summed E-state index contributed by atoms with van der Waals surface area (Å²) in [6.07, 6.45) is 6.32. The van der Waals surface area contributed by atoms with E-state index in [-0.39, 0.29) is 23.4 Å². The van der Waals surface area contributed by atoms with Crippen LogP contribution < -0.4 is 9.47 Å². The van der Waals surface area contributed by atoms with E-state index >= 15 is 0 Å². The SMILES string of the molecule is COc1cccc(C=CC(=O)N(Cc2cnn(C)c2)C(C)C)c1OC(F)F. The van der Waals surface area contributed by atoms with Crippen LogP contribution >= 0.6 is 0 Å². The molecule has 0 unspecified atom stereocenters. The third-order valence-corrected chi connectivity index (χ3v) is 3.86. The number of carbonyl (C=O) groups excluding carboxylic acids is 1. The molecule has 0 aliphatic carbocycles. The van der Waals surface area contributed by atoms with Crippen molar-refractivity contribution in [2.24, 2.45) is 7.05 Å². The number of nitrogens with zero attached hydrogens (tertiary/aromatic N) is 3. The van der Waals surface area contributed by atoms with Crippen molar-refractivity contribution in [2.75, 3.05) is 7.11 Å². The number of alkyl halides is 2. The van der Waals surface area contributed by atoms with Gasteiger partial charge >= 0.3 is 6.61 Å². The minimum Gasteiger partial charge on any atom is -0.493 e. The first kappa shape index (κ1) is 20.4. The summed E-state index contributed by atoms with van der Waals surface area (Å²) in [7, 11) is 3.17. The molecular weight excluding hydrogens is 356 g/mol. The maximum atomic E-state index is 12.7. The Hall–Kier alpha value is -2.90. The second-order valence-electron chi connectivity index (χ2n) is 6.17. The number of para-hydroxylation sites is 1. The lowest BCUT2D eigenvalue weighted by Crippen LogP contribution is -2.35. The highest BCUT2D eigenvalue weighted by molar-refractivity contribution is 5.92. The standard InChI is InChI=1S/C19H23F2N3O3/c1-13(2)24(12-14-10-22-23(3)11-14)17(25)9-8-15-6-5-7-16(26-4)18(15)27-19(20)21/h5-11,13,19H,12H2,1-4H3. The molecule has 0 fully saturated rings. The maximum absolute atomic E-state index is 12.7. The Bertz CT molecular complexity index is 803. The van der Waals surface area contributed by atoms with Gasteiger partial charge in [0, 0.05) is 43.0 Å². The van der Waals surface area contributed by atoms with Crippen molar-refractivity contribution < 1.29 is 23.0 Å². The molecule has 8 heteroatoms. The predicted molar refractivity (Wildman–Crippen MR) is 97.6 cm³/mol. The maximum Gasteiger partial charge on any atom is 0.387 e. The first-order chi connectivity index (χ1) is 12.8. The molecule has 27 heavy (non-hydrogen) atoms. The molecule has 0 aliphatic rings. The third-order valence-electron chi connectivity index (χ3n) is 3.86. The minimum atomic E-state index is -3.00. The van der Waals surface area contributed by atoms with E-state index in [9.17, 15) is 13.6 Å². The molecular formula is C19H23F2N3O3. The average Bonchev–Trinajstić information content (AvgIpc) is 3.02. The summed E-state index contributed by atoms with van der Waals surface area (Å²) in [5.74, 6) is -0.192. The molecule has 2 rings (SSSR count). The summed E-state index contributed by atoms with van der Waals surface area (Å²) >= 11 is 0. The van der Waals surface area contributed by atoms with Gasteiger partial charge in [0.05, 0.1) is 13.3 Å². The zero-order valence-electron chi connectivity index (χ0n) is 15.7. The Morgan fingerprint density at radius 2 is 2.11 bits per heavy atom. The quantitative estimate of drug-likeness (QED) is 0.659. The van der Waals surface area contributed by atoms with E-state index in [4.69, 9.17) is 4.74 Å². The number of aromatic nitrogens is 2. The zero-order valence-corrected chi connectivity index (χ0v) is 15.7. The van der Waals surface area contributed by atoms with Crippen LogP contribution in [0.3, 0.4) is 0 Å². The summed E-state index contributed by atoms with van der Waals surface area (Å²) in [4.78, 5) is 14.3. The van der Waals surface area contributed by atoms with Crippen LogP contribution in [0.25, 0.3) is 6.08 Å². The number of rotatable bonds is 8. The summed E-state index contributed by atoms with van der Waals surface area (Å²) in [5.41, 5.74) is 1.23. The van der Waals surface area contributed by atoms with Gasteiger partial charge in [-0.25, -0.2) is 0 Å². The molecule has 0 aliphatic heterocycles. The predicted octanol–water partition coefficient (Wildman–Crippen LogP) is 3.48. The monoisotopic (exact) mass is 379 g/mol. The van der Waals surface area contributed by atoms with Crippen LogP contribution in [0, 0.1) is 0 Å². The van der Waals surface area contributed by atoms with Crippen molar-refractivity contribution in [2.45, 2.75) is 33.0 Å². The normalized spacial score (nSPS) is 11.4. The number of benzene rings is 1. The fourth-order valence-corrected chi connectivity index (χ4v) is 2.56. The molecule has 0 saturated carbocycles. The van der Waals surface area contributed by atoms with E-state index in [2.05, 4.69) is 9.84 Å². The fraction of sp³-hybridized carbons (Fsp3) is 0.368. The largest absolute Gasteiger partial charge is 0.493 e. The average molecular weight is 379 g/mol. The smallest absolute Gasteiger partial charge is 0.387 e. The van der Waals surface area contributed by atoms with E-state index < -0.39 is 6.61 Å². The summed E-state index contributed by atoms with van der Waals surface area (Å²) in [6.45, 7) is 1.20. The van der Waals surface area contributed by atoms with Crippen LogP contribution in [0.4, 0.5) is 8.78 Å². The van der Waals surface area contributed by atoms with Gasteiger partial charge in [0.15, 0.2) is 11.5 Å². The highest BCUT2D eigenvalue weighted by atomic mass is 19.3. The summed E-state index contributed by atoms with van der Waals surface area (Å²) < 4.78 is 36.7. The van der Waals surface area contributed by atoms with Crippen molar-refractivity contribution in [3.63, 3.8) is 0 Å². The van der Waals surface area contributed by atoms with Crippen LogP contribution in [0.15, 0.2) is 36.7 Å². The molecule has 2 aromatic rings. The molecule has 1 aromatic carbocycles. The van der Waals surface area contributed by atoms with Gasteiger partial charge in [-0.05, 0) is 26.0 Å². The summed E-state index contributed by atoms with van der Waals surface area (Å²) in [5, 5.41) is 4.10. The van der Waals surface area contributed by atoms with Crippen LogP contribution in [0.1, 0.15) is 25.0 Å². The third kappa shape index (κ3) is 5.54. The minimum absolute atomic E-state index is 0.0514. The number of aryl methyl sites for hydroxylation is 1. The van der Waals surface area contributed by atoms with Gasteiger partial charge in [-0.2, -0.15) is 13.9 Å². The number of ether oxygens (including phenoxy) is 2. The lowest BCUT2D eigenvalue weighted by Gasteiger charge is -2.25. The number of halogens is 2. The molecule has 146 valence electrons. The van der Waals surface area contributed by atoms with E-state index in [1.807, 2.05) is 20.0 Å². The Morgan fingerprint density at radius 3 is 2.67 bits per heavy atom. The lowest BCUT2D eigenvalue weighted by molar-refractivity contribution is -0.128. The highest BCUT2D eigenvalue weighted by Crippen LogP contribution is 2.33. The number of carbonyl (C=O) groups is 1. The van der Waals surface area contributed by atoms with Crippen LogP contribution in [0.2, 0.25) is 0 Å². The lowest BCUT2D eigenvalue weighted by atomic mass is 10.1. The van der Waals surface area contributed by atoms with Crippen molar-refractivity contribution >= 4 is 12.0 Å². The number of methoxy groups -OCH3 is 1. The highest BCUT2D eigenvalue weighted by Gasteiger charge is 2.17. The van der Waals surface area contributed by atoms with Crippen molar-refractivity contribution in [1.82, 2.24) is 14.7 Å². The van der Waals surface area contributed by atoms with Gasteiger partial charge in [-0.1, -0.05) is 12.1 Å². The second kappa shape index (κ2) is 9.16. The first-order valence-electron chi connectivity index (χ1n) is 8.39. The topological polar surface area (TPSA) is 56.6 Å². The van der Waals surface area contributed by atoms with E-state index in [0.29, 0.717) is 12.1 Å². The molecule has 0 spiro atoms. The van der Waals surface area contributed by atoms with Crippen LogP contribution in [-0.2, 0) is 18.4 Å². The van der Waals surface area contributed by atoms with Gasteiger partial charge in [0.25, 0.3) is 0 Å². The fourth-order valence-electron chi connectivity index (χ4n) is 2.56. The molecule has 0 atom stereocenters. The van der Waals surface area contributed by atoms with Crippen LogP contribution in [0.5, 0.6) is 11.5 Å². The Labute approximate surface area is 157 Å². The van der Waals surface area contributed by atoms with Gasteiger partial charge in [0.1, 0.15) is 0 Å². The van der Waals surface area contributed by atoms with Crippen molar-refractivity contribution in [1.29, 1.82) is 0 Å². The molecule has 0 bridgehead atoms. The number of hydrogen-bond donors (Lipinski definition) is 0. The molecule has 1 aromatic heterocycles. The Kier molecular flexibility index (Phi) is 6.92. The molecule has 6 nitrogen and oxygen atoms in total. The number of amides is 1. The molecule has 1 heterocycles. The first-order valence-corrected chi connectivity index (χ1v) is 8.39. The van der Waals surface area contributed by atoms with Gasteiger partial charge < -0.3 is 14.4 Å². The zero-order chi connectivity index (χ0) is 20.0. The Balaban J connectivity index is 2.23. The van der Waals surface area contributed by atoms with Gasteiger partial charge in [-0.3, -0.25) is 9.48 Å². The van der Waals surface area contributed by atoms with E-state index in [1.165, 1.54) is 25.3 Å². The Morgan fingerprint density at radius 1 is 1.37 bits per heavy atom. The van der Waals surface area contributed by atoms with Gasteiger partial charge in [0.2, 0.25) is 5.91 Å². The van der Waals surface area contributed by atoms with Crippen molar-refractivity contribution in [3.05, 3.63) is 47.8 Å². The second-order valence-corrected chi connectivity index (χ2v) is 6.17. The number of hydrogen-bond acceptors (Lipinski definition) is 4. The van der Waals surface area contributed by atoms with Crippen molar-refractivity contribution in [3.8, 4) is 11.5 Å². The van der Waals surface area contributed by atoms with Crippen LogP contribution in [-0.4, -0.2) is 40.4 Å². The molecule has 0 radical (unpaired) electrons. The molecule has 1 amide bonds. The van der Waals surface area contributed by atoms with Gasteiger partial charge in [-0.15, -0.1) is 0 Å². The summed E-state index contributed by atoms with van der Waals surface area (Å²) in [6, 6.07) is 4.67. The van der Waals surface area contributed by atoms with E-state index in [0.717, 1.165) is 5.56 Å². The molecule has 0 N–H and O–H groups in total.